The molecule has 1 aromatic heterocycles. The first-order valence-corrected chi connectivity index (χ1v) is 25.8. The molecule has 3 heterocycles. The minimum absolute atomic E-state index is 0.0226. The second kappa shape index (κ2) is 28.3. The van der Waals surface area contributed by atoms with Gasteiger partial charge in [-0.05, 0) is 50.5 Å². The highest BCUT2D eigenvalue weighted by atomic mass is 16.5. The fourth-order valence-corrected chi connectivity index (χ4v) is 10.2. The van der Waals surface area contributed by atoms with E-state index in [9.17, 15) is 5.11 Å². The van der Waals surface area contributed by atoms with Crippen LogP contribution in [0, 0.1) is 6.92 Å². The lowest BCUT2D eigenvalue weighted by Crippen LogP contribution is -2.60. The highest BCUT2D eigenvalue weighted by molar-refractivity contribution is 5.73. The number of hydrogen-bond donors (Lipinski definition) is 1. The number of benzene rings is 1. The summed E-state index contributed by atoms with van der Waals surface area (Å²) in [6, 6.07) is 9.00. The summed E-state index contributed by atoms with van der Waals surface area (Å²) in [6.45, 7) is 13.5. The zero-order valence-corrected chi connectivity index (χ0v) is 39.5. The zero-order chi connectivity index (χ0) is 42.0. The van der Waals surface area contributed by atoms with E-state index < -0.39 is 5.72 Å². The van der Waals surface area contributed by atoms with Gasteiger partial charge >= 0.3 is 0 Å². The molecule has 1 unspecified atom stereocenters. The molecule has 2 aliphatic rings. The van der Waals surface area contributed by atoms with Gasteiger partial charge in [-0.1, -0.05) is 218 Å². The maximum atomic E-state index is 10.6. The van der Waals surface area contributed by atoms with Crippen molar-refractivity contribution in [2.45, 2.75) is 264 Å². The SMILES string of the molecule is CCCCCCCCCCCCCCCCCCN1c2ccccc2C(C)(C)C12C=Cc1c(CO)c[n+](CCCCCCCCCCCCCCCCCC)c(C)c1O2. The van der Waals surface area contributed by atoms with Gasteiger partial charge in [0.1, 0.15) is 6.54 Å². The highest BCUT2D eigenvalue weighted by Crippen LogP contribution is 2.55. The summed E-state index contributed by atoms with van der Waals surface area (Å²) in [5.41, 5.74) is 5.01. The maximum absolute atomic E-state index is 10.6. The van der Waals surface area contributed by atoms with Crippen LogP contribution in [-0.2, 0) is 18.6 Å². The molecule has 1 spiro atoms. The summed E-state index contributed by atoms with van der Waals surface area (Å²) in [6.07, 6.45) is 51.1. The van der Waals surface area contributed by atoms with Crippen molar-refractivity contribution < 1.29 is 14.4 Å². The number of pyridine rings is 1. The molecule has 334 valence electrons. The summed E-state index contributed by atoms with van der Waals surface area (Å²) >= 11 is 0. The Morgan fingerprint density at radius 3 is 1.46 bits per heavy atom. The highest BCUT2D eigenvalue weighted by Gasteiger charge is 2.59. The Bertz CT molecular complexity index is 1450. The molecule has 0 bridgehead atoms. The van der Waals surface area contributed by atoms with Crippen LogP contribution in [0.2, 0.25) is 0 Å². The quantitative estimate of drug-likeness (QED) is 0.0556. The molecule has 59 heavy (non-hydrogen) atoms. The lowest BCUT2D eigenvalue weighted by Gasteiger charge is -2.47. The lowest BCUT2D eigenvalue weighted by molar-refractivity contribution is -0.704. The summed E-state index contributed by atoms with van der Waals surface area (Å²) in [7, 11) is 0. The molecule has 4 rings (SSSR count). The molecule has 2 aliphatic heterocycles. The van der Waals surface area contributed by atoms with Crippen LogP contribution in [0.25, 0.3) is 6.08 Å². The van der Waals surface area contributed by atoms with E-state index in [0.29, 0.717) is 0 Å². The van der Waals surface area contributed by atoms with Gasteiger partial charge in [0.15, 0.2) is 11.9 Å². The van der Waals surface area contributed by atoms with Crippen LogP contribution < -0.4 is 14.2 Å². The number of aliphatic hydroxyl groups is 1. The average molecular weight is 814 g/mol. The maximum Gasteiger partial charge on any atom is 0.221 e. The fraction of sp³-hybridized carbons (Fsp3) is 0.764. The zero-order valence-electron chi connectivity index (χ0n) is 39.5. The van der Waals surface area contributed by atoms with Crippen molar-refractivity contribution in [3.63, 3.8) is 0 Å². The number of anilines is 1. The van der Waals surface area contributed by atoms with Crippen molar-refractivity contribution in [3.8, 4) is 5.75 Å². The van der Waals surface area contributed by atoms with Gasteiger partial charge in [0.05, 0.1) is 17.6 Å². The number of fused-ring (bicyclic) bond motifs is 2. The Hall–Kier alpha value is -2.33. The first-order valence-electron chi connectivity index (χ1n) is 25.8. The first kappa shape index (κ1) is 49.3. The van der Waals surface area contributed by atoms with Crippen LogP contribution in [0.4, 0.5) is 5.69 Å². The van der Waals surface area contributed by atoms with Crippen molar-refractivity contribution in [2.75, 3.05) is 11.4 Å². The lowest BCUT2D eigenvalue weighted by atomic mass is 9.76. The predicted octanol–water partition coefficient (Wildman–Crippen LogP) is 16.2. The van der Waals surface area contributed by atoms with Crippen molar-refractivity contribution in [1.29, 1.82) is 0 Å². The molecule has 1 aromatic carbocycles. The van der Waals surface area contributed by atoms with Gasteiger partial charge in [-0.2, -0.15) is 4.57 Å². The Morgan fingerprint density at radius 2 is 1.00 bits per heavy atom. The van der Waals surface area contributed by atoms with Gasteiger partial charge in [-0.25, -0.2) is 0 Å². The molecule has 0 fully saturated rings. The summed E-state index contributed by atoms with van der Waals surface area (Å²) < 4.78 is 9.80. The molecule has 1 N–H and O–H groups in total. The summed E-state index contributed by atoms with van der Waals surface area (Å²) in [5.74, 6) is 0.952. The minimum atomic E-state index is -0.607. The molecule has 0 radical (unpaired) electrons. The molecule has 4 heteroatoms. The van der Waals surface area contributed by atoms with Crippen LogP contribution in [0.5, 0.6) is 5.75 Å². The molecular weight excluding hydrogens is 721 g/mol. The van der Waals surface area contributed by atoms with E-state index >= 15 is 0 Å². The van der Waals surface area contributed by atoms with Crippen molar-refractivity contribution in [1.82, 2.24) is 0 Å². The Morgan fingerprint density at radius 1 is 0.576 bits per heavy atom. The van der Waals surface area contributed by atoms with Gasteiger partial charge in [0.25, 0.3) is 0 Å². The van der Waals surface area contributed by atoms with Gasteiger partial charge in [-0.3, -0.25) is 0 Å². The monoisotopic (exact) mass is 814 g/mol. The van der Waals surface area contributed by atoms with E-state index in [1.807, 2.05) is 0 Å². The number of aliphatic hydroxyl groups excluding tert-OH is 1. The van der Waals surface area contributed by atoms with Gasteiger partial charge in [-0.15, -0.1) is 0 Å². The normalized spacial score (nSPS) is 16.5. The third-order valence-corrected chi connectivity index (χ3v) is 14.2. The Balaban J connectivity index is 1.21. The van der Waals surface area contributed by atoms with Gasteiger partial charge in [0.2, 0.25) is 11.4 Å². The second-order valence-corrected chi connectivity index (χ2v) is 19.4. The average Bonchev–Trinajstić information content (AvgIpc) is 3.42. The van der Waals surface area contributed by atoms with Gasteiger partial charge < -0.3 is 14.7 Å². The molecular formula is C55H93N2O2+. The minimum Gasteiger partial charge on any atom is -0.456 e. The standard InChI is InChI=1S/C55H93N2O2/c1-6-8-10-12-14-16-18-20-22-24-26-28-30-32-34-38-44-56-46-49(47-58)50-42-43-55(59-53(50)48(56)3)54(4,5)51-40-36-37-41-52(51)57(55)45-39-35-33-31-29-27-25-23-21-19-17-15-13-11-9-7-2/h36-37,40-43,46,58H,6-35,38-39,44-45,47H2,1-5H3/q+1. The van der Waals surface area contributed by atoms with E-state index in [1.165, 1.54) is 216 Å². The number of aromatic nitrogens is 1. The Labute approximate surface area is 365 Å². The molecule has 2 aromatic rings. The third-order valence-electron chi connectivity index (χ3n) is 14.2. The fourth-order valence-electron chi connectivity index (χ4n) is 10.2. The van der Waals surface area contributed by atoms with Crippen molar-refractivity contribution >= 4 is 11.8 Å². The topological polar surface area (TPSA) is 36.6 Å². The van der Waals surface area contributed by atoms with Crippen LogP contribution in [0.15, 0.2) is 36.5 Å². The van der Waals surface area contributed by atoms with E-state index in [0.717, 1.165) is 36.4 Å². The van der Waals surface area contributed by atoms with Crippen molar-refractivity contribution in [3.05, 3.63) is 58.9 Å². The van der Waals surface area contributed by atoms with E-state index in [1.54, 1.807) is 0 Å². The molecule has 0 saturated carbocycles. The molecule has 0 aliphatic carbocycles. The van der Waals surface area contributed by atoms with Crippen molar-refractivity contribution in [2.24, 2.45) is 0 Å². The first-order chi connectivity index (χ1) is 28.9. The third kappa shape index (κ3) is 15.2. The molecule has 0 amide bonds. The Kier molecular flexibility index (Phi) is 23.7. The smallest absolute Gasteiger partial charge is 0.221 e. The van der Waals surface area contributed by atoms with E-state index in [4.69, 9.17) is 4.74 Å². The number of aryl methyl sites for hydroxylation is 1. The number of unbranched alkanes of at least 4 members (excludes halogenated alkanes) is 30. The molecule has 0 saturated heterocycles. The number of para-hydroxylation sites is 1. The number of ether oxygens (including phenoxy) is 1. The summed E-state index contributed by atoms with van der Waals surface area (Å²) in [4.78, 5) is 2.58. The van der Waals surface area contributed by atoms with Crippen LogP contribution >= 0.6 is 0 Å². The largest absolute Gasteiger partial charge is 0.456 e. The second-order valence-electron chi connectivity index (χ2n) is 19.4. The molecule has 4 nitrogen and oxygen atoms in total. The number of hydrogen-bond acceptors (Lipinski definition) is 3. The number of rotatable bonds is 35. The van der Waals surface area contributed by atoms with Crippen LogP contribution in [0.1, 0.15) is 256 Å². The molecule has 1 atom stereocenters. The van der Waals surface area contributed by atoms with Gasteiger partial charge in [0, 0.05) is 31.1 Å². The van der Waals surface area contributed by atoms with Crippen LogP contribution in [-0.4, -0.2) is 17.4 Å². The van der Waals surface area contributed by atoms with E-state index in [2.05, 4.69) is 86.7 Å². The van der Waals surface area contributed by atoms with Crippen LogP contribution in [0.3, 0.4) is 0 Å². The van der Waals surface area contributed by atoms with E-state index in [-0.39, 0.29) is 12.0 Å². The predicted molar refractivity (Wildman–Crippen MR) is 256 cm³/mol. The number of nitrogens with zero attached hydrogens (tertiary/aromatic N) is 2. The summed E-state index contributed by atoms with van der Waals surface area (Å²) in [5, 5.41) is 10.6.